The first-order valence-corrected chi connectivity index (χ1v) is 6.59. The van der Waals surface area contributed by atoms with Gasteiger partial charge in [-0.05, 0) is 18.1 Å². The van der Waals surface area contributed by atoms with Gasteiger partial charge in [0, 0.05) is 6.42 Å². The van der Waals surface area contributed by atoms with Gasteiger partial charge < -0.3 is 10.5 Å². The van der Waals surface area contributed by atoms with E-state index in [-0.39, 0.29) is 0 Å². The highest BCUT2D eigenvalue weighted by Gasteiger charge is 2.32. The minimum absolute atomic E-state index is 0.291. The molecule has 1 aliphatic rings. The van der Waals surface area contributed by atoms with Crippen LogP contribution in [0.15, 0.2) is 24.3 Å². The van der Waals surface area contributed by atoms with Gasteiger partial charge in [0.15, 0.2) is 0 Å². The highest BCUT2D eigenvalue weighted by atomic mass is 32.2. The molecule has 2 amide bonds. The molecular formula is C10H12N2O4S. The molecule has 1 aromatic carbocycles. The van der Waals surface area contributed by atoms with Gasteiger partial charge in [-0.2, -0.15) is 0 Å². The number of aryl methyl sites for hydroxylation is 1. The van der Waals surface area contributed by atoms with Gasteiger partial charge in [-0.25, -0.2) is 17.9 Å². The Bertz CT molecular complexity index is 541. The van der Waals surface area contributed by atoms with E-state index < -0.39 is 21.5 Å². The molecule has 1 aromatic rings. The number of nitrogens with one attached hydrogen (secondary N) is 1. The van der Waals surface area contributed by atoms with E-state index in [0.717, 1.165) is 5.56 Å². The van der Waals surface area contributed by atoms with Crippen molar-refractivity contribution in [2.45, 2.75) is 18.3 Å². The lowest BCUT2D eigenvalue weighted by molar-refractivity contribution is 0.237. The third kappa shape index (κ3) is 2.50. The smallest absolute Gasteiger partial charge is 0.325 e. The molecule has 0 aliphatic carbocycles. The molecule has 17 heavy (non-hydrogen) atoms. The first-order chi connectivity index (χ1) is 7.99. The van der Waals surface area contributed by atoms with Gasteiger partial charge in [0.1, 0.15) is 5.75 Å². The van der Waals surface area contributed by atoms with Crippen LogP contribution in [-0.4, -0.2) is 19.9 Å². The predicted molar refractivity (Wildman–Crippen MR) is 60.8 cm³/mol. The Morgan fingerprint density at radius 3 is 2.82 bits per heavy atom. The molecule has 0 bridgehead atoms. The number of amides is 2. The third-order valence-electron chi connectivity index (χ3n) is 2.47. The number of primary amides is 1. The van der Waals surface area contributed by atoms with Crippen LogP contribution in [0.5, 0.6) is 5.75 Å². The normalized spacial score (nSPS) is 18.9. The molecule has 0 saturated heterocycles. The van der Waals surface area contributed by atoms with Crippen molar-refractivity contribution >= 4 is 16.1 Å². The minimum Gasteiger partial charge on any atom is -0.472 e. The number of benzene rings is 1. The Morgan fingerprint density at radius 2 is 2.12 bits per heavy atom. The van der Waals surface area contributed by atoms with Gasteiger partial charge >= 0.3 is 6.03 Å². The molecule has 1 unspecified atom stereocenters. The summed E-state index contributed by atoms with van der Waals surface area (Å²) in [5.74, 6) is 0.526. The molecule has 0 aromatic heterocycles. The summed E-state index contributed by atoms with van der Waals surface area (Å²) < 4.78 is 30.4. The molecule has 1 aliphatic heterocycles. The van der Waals surface area contributed by atoms with E-state index in [1.807, 2.05) is 12.1 Å². The van der Waals surface area contributed by atoms with E-state index in [0.29, 0.717) is 18.6 Å². The number of fused-ring (bicyclic) bond motifs is 1. The lowest BCUT2D eigenvalue weighted by Crippen LogP contribution is -2.44. The molecule has 6 nitrogen and oxygen atoms in total. The molecule has 1 atom stereocenters. The van der Waals surface area contributed by atoms with Crippen molar-refractivity contribution in [1.29, 1.82) is 0 Å². The van der Waals surface area contributed by atoms with Crippen molar-refractivity contribution in [2.24, 2.45) is 5.73 Å². The van der Waals surface area contributed by atoms with Crippen LogP contribution in [0.1, 0.15) is 12.0 Å². The van der Waals surface area contributed by atoms with Crippen LogP contribution in [0.2, 0.25) is 0 Å². The van der Waals surface area contributed by atoms with Crippen molar-refractivity contribution in [2.75, 3.05) is 0 Å². The summed E-state index contributed by atoms with van der Waals surface area (Å²) in [6.45, 7) is 0. The van der Waals surface area contributed by atoms with Crippen molar-refractivity contribution in [1.82, 2.24) is 4.72 Å². The molecule has 2 rings (SSSR count). The van der Waals surface area contributed by atoms with Gasteiger partial charge in [-0.15, -0.1) is 0 Å². The maximum absolute atomic E-state index is 11.7. The van der Waals surface area contributed by atoms with Gasteiger partial charge in [-0.3, -0.25) is 0 Å². The maximum atomic E-state index is 11.7. The van der Waals surface area contributed by atoms with E-state index >= 15 is 0 Å². The Morgan fingerprint density at radius 1 is 1.41 bits per heavy atom. The summed E-state index contributed by atoms with van der Waals surface area (Å²) >= 11 is 0. The number of hydrogen-bond acceptors (Lipinski definition) is 4. The Hall–Kier alpha value is -1.76. The molecule has 3 N–H and O–H groups in total. The van der Waals surface area contributed by atoms with E-state index in [1.54, 1.807) is 16.9 Å². The van der Waals surface area contributed by atoms with E-state index in [1.165, 1.54) is 0 Å². The third-order valence-corrected chi connectivity index (χ3v) is 3.98. The van der Waals surface area contributed by atoms with Gasteiger partial charge in [0.05, 0.1) is 0 Å². The molecule has 92 valence electrons. The van der Waals surface area contributed by atoms with E-state index in [9.17, 15) is 13.2 Å². The molecular weight excluding hydrogens is 244 g/mol. The average Bonchev–Trinajstić information content (AvgIpc) is 2.26. The topological polar surface area (TPSA) is 98.5 Å². The second-order valence-electron chi connectivity index (χ2n) is 3.71. The molecule has 0 radical (unpaired) electrons. The van der Waals surface area contributed by atoms with E-state index in [4.69, 9.17) is 10.5 Å². The number of carbonyl (C=O) groups is 1. The molecule has 1 heterocycles. The monoisotopic (exact) mass is 256 g/mol. The zero-order valence-electron chi connectivity index (χ0n) is 8.92. The van der Waals surface area contributed by atoms with Crippen LogP contribution in [-0.2, 0) is 16.4 Å². The Kier molecular flexibility index (Phi) is 2.93. The van der Waals surface area contributed by atoms with Crippen LogP contribution in [0, 0.1) is 0 Å². The van der Waals surface area contributed by atoms with Crippen LogP contribution in [0.4, 0.5) is 4.79 Å². The molecule has 0 fully saturated rings. The number of ether oxygens (including phenoxy) is 1. The SMILES string of the molecule is NC(=O)NS(=O)(=O)C1CCc2ccccc2O1. The number of rotatable bonds is 2. The Balaban J connectivity index is 2.20. The molecule has 7 heteroatoms. The summed E-state index contributed by atoms with van der Waals surface area (Å²) in [6.07, 6.45) is 0.875. The van der Waals surface area contributed by atoms with Crippen LogP contribution < -0.4 is 15.2 Å². The number of urea groups is 1. The standard InChI is InChI=1S/C10H12N2O4S/c11-10(13)12-17(14,15)9-6-5-7-3-1-2-4-8(7)16-9/h1-4,9H,5-6H2,(H3,11,12,13). The first-order valence-electron chi connectivity index (χ1n) is 5.04. The highest BCUT2D eigenvalue weighted by molar-refractivity contribution is 7.90. The van der Waals surface area contributed by atoms with Crippen LogP contribution in [0.3, 0.4) is 0 Å². The predicted octanol–water partition coefficient (Wildman–Crippen LogP) is 0.336. The number of carbonyl (C=O) groups excluding carboxylic acids is 1. The zero-order chi connectivity index (χ0) is 12.5. The van der Waals surface area contributed by atoms with Crippen LogP contribution in [0.25, 0.3) is 0 Å². The molecule has 0 saturated carbocycles. The fourth-order valence-electron chi connectivity index (χ4n) is 1.72. The summed E-state index contributed by atoms with van der Waals surface area (Å²) in [6, 6.07) is 6.09. The maximum Gasteiger partial charge on any atom is 0.325 e. The minimum atomic E-state index is -3.87. The number of para-hydroxylation sites is 1. The fourth-order valence-corrected chi connectivity index (χ4v) is 2.79. The summed E-state index contributed by atoms with van der Waals surface area (Å²) in [7, 11) is -3.87. The van der Waals surface area contributed by atoms with Crippen molar-refractivity contribution in [3.8, 4) is 5.75 Å². The van der Waals surface area contributed by atoms with E-state index in [2.05, 4.69) is 0 Å². The number of sulfonamides is 1. The quantitative estimate of drug-likeness (QED) is 0.796. The zero-order valence-corrected chi connectivity index (χ0v) is 9.74. The van der Waals surface area contributed by atoms with Crippen LogP contribution >= 0.6 is 0 Å². The second-order valence-corrected chi connectivity index (χ2v) is 5.53. The molecule has 0 spiro atoms. The van der Waals surface area contributed by atoms with Gasteiger partial charge in [-0.1, -0.05) is 18.2 Å². The lowest BCUT2D eigenvalue weighted by atomic mass is 10.1. The number of nitrogens with two attached hydrogens (primary N) is 1. The average molecular weight is 256 g/mol. The van der Waals surface area contributed by atoms with Gasteiger partial charge in [0.25, 0.3) is 10.0 Å². The van der Waals surface area contributed by atoms with Crippen molar-refractivity contribution < 1.29 is 17.9 Å². The van der Waals surface area contributed by atoms with Crippen molar-refractivity contribution in [3.63, 3.8) is 0 Å². The highest BCUT2D eigenvalue weighted by Crippen LogP contribution is 2.28. The van der Waals surface area contributed by atoms with Gasteiger partial charge in [0.2, 0.25) is 5.44 Å². The van der Waals surface area contributed by atoms with Crippen molar-refractivity contribution in [3.05, 3.63) is 29.8 Å². The summed E-state index contributed by atoms with van der Waals surface area (Å²) in [5, 5.41) is 0. The first kappa shape index (κ1) is 11.7. The Labute approximate surface area is 98.8 Å². The lowest BCUT2D eigenvalue weighted by Gasteiger charge is -2.25. The largest absolute Gasteiger partial charge is 0.472 e. The second kappa shape index (κ2) is 4.25. The summed E-state index contributed by atoms with van der Waals surface area (Å²) in [4.78, 5) is 10.6. The number of hydrogen-bond donors (Lipinski definition) is 2. The summed E-state index contributed by atoms with van der Waals surface area (Å²) in [5.41, 5.74) is 4.67. The fraction of sp³-hybridized carbons (Fsp3) is 0.300.